The average molecular weight is 339 g/mol. The lowest BCUT2D eigenvalue weighted by Gasteiger charge is -2.04. The zero-order chi connectivity index (χ0) is 16.9. The largest absolute Gasteiger partial charge is 0.481 e. The van der Waals surface area contributed by atoms with E-state index in [2.05, 4.69) is 27.4 Å². The normalized spacial score (nSPS) is 10.4. The molecule has 5 nitrogen and oxygen atoms in total. The van der Waals surface area contributed by atoms with Crippen molar-refractivity contribution < 1.29 is 9.53 Å². The van der Waals surface area contributed by atoms with Gasteiger partial charge in [0.1, 0.15) is 4.88 Å². The summed E-state index contributed by atoms with van der Waals surface area (Å²) in [6, 6.07) is 13.6. The van der Waals surface area contributed by atoms with E-state index in [1.54, 1.807) is 25.4 Å². The highest BCUT2D eigenvalue weighted by molar-refractivity contribution is 7.14. The number of rotatable bonds is 5. The van der Waals surface area contributed by atoms with Crippen LogP contribution in [-0.2, 0) is 6.42 Å². The third-order valence-electron chi connectivity index (χ3n) is 3.45. The molecule has 0 aliphatic carbocycles. The van der Waals surface area contributed by atoms with Gasteiger partial charge in [0.2, 0.25) is 5.88 Å². The first-order valence-electron chi connectivity index (χ1n) is 7.47. The van der Waals surface area contributed by atoms with Crippen LogP contribution in [0.1, 0.15) is 25.9 Å². The molecule has 6 heteroatoms. The molecule has 0 spiro atoms. The summed E-state index contributed by atoms with van der Waals surface area (Å²) in [4.78, 5) is 21.7. The fourth-order valence-electron chi connectivity index (χ4n) is 2.27. The van der Waals surface area contributed by atoms with Crippen LogP contribution in [0.5, 0.6) is 5.88 Å². The first kappa shape index (κ1) is 16.1. The molecule has 1 N–H and O–H groups in total. The average Bonchev–Trinajstić information content (AvgIpc) is 2.97. The van der Waals surface area contributed by atoms with Gasteiger partial charge in [0.15, 0.2) is 0 Å². The number of hydrogen-bond acceptors (Lipinski definition) is 5. The Morgan fingerprint density at radius 2 is 2.00 bits per heavy atom. The van der Waals surface area contributed by atoms with Gasteiger partial charge in [-0.2, -0.15) is 0 Å². The number of pyridine rings is 1. The minimum atomic E-state index is -0.170. The van der Waals surface area contributed by atoms with E-state index in [0.29, 0.717) is 16.4 Å². The second kappa shape index (κ2) is 7.23. The molecule has 1 amide bonds. The maximum atomic E-state index is 12.5. The standard InChI is InChI=1S/C18H17N3O2S/c1-12-17(18(22)21-14-8-9-15(23-2)19-11-14)24-16(20-12)10-13-6-4-3-5-7-13/h3-9,11H,10H2,1-2H3,(H,21,22). The van der Waals surface area contributed by atoms with Gasteiger partial charge < -0.3 is 10.1 Å². The van der Waals surface area contributed by atoms with Crippen LogP contribution in [0.15, 0.2) is 48.7 Å². The zero-order valence-corrected chi connectivity index (χ0v) is 14.3. The number of thiazole rings is 1. The van der Waals surface area contributed by atoms with Crippen LogP contribution >= 0.6 is 11.3 Å². The molecular formula is C18H17N3O2S. The van der Waals surface area contributed by atoms with E-state index in [4.69, 9.17) is 4.74 Å². The van der Waals surface area contributed by atoms with Crippen LogP contribution in [0.4, 0.5) is 5.69 Å². The molecule has 3 rings (SSSR count). The van der Waals surface area contributed by atoms with Gasteiger partial charge >= 0.3 is 0 Å². The maximum Gasteiger partial charge on any atom is 0.267 e. The first-order chi connectivity index (χ1) is 11.7. The quantitative estimate of drug-likeness (QED) is 0.770. The molecule has 0 unspecified atom stereocenters. The topological polar surface area (TPSA) is 64.1 Å². The maximum absolute atomic E-state index is 12.5. The summed E-state index contributed by atoms with van der Waals surface area (Å²) in [5.41, 5.74) is 2.54. The van der Waals surface area contributed by atoms with Crippen LogP contribution in [0, 0.1) is 6.92 Å². The molecule has 0 radical (unpaired) electrons. The molecule has 2 aromatic heterocycles. The van der Waals surface area contributed by atoms with Crippen molar-refractivity contribution in [3.8, 4) is 5.88 Å². The number of aromatic nitrogens is 2. The van der Waals surface area contributed by atoms with E-state index in [9.17, 15) is 4.79 Å². The lowest BCUT2D eigenvalue weighted by atomic mass is 10.2. The van der Waals surface area contributed by atoms with Gasteiger partial charge in [-0.05, 0) is 18.6 Å². The van der Waals surface area contributed by atoms with Crippen molar-refractivity contribution in [3.05, 3.63) is 69.8 Å². The molecule has 24 heavy (non-hydrogen) atoms. The van der Waals surface area contributed by atoms with Crippen molar-refractivity contribution in [2.75, 3.05) is 12.4 Å². The van der Waals surface area contributed by atoms with E-state index in [-0.39, 0.29) is 5.91 Å². The summed E-state index contributed by atoms with van der Waals surface area (Å²) in [6.07, 6.45) is 2.29. The highest BCUT2D eigenvalue weighted by Gasteiger charge is 2.16. The molecule has 0 atom stereocenters. The number of carbonyl (C=O) groups is 1. The fraction of sp³-hybridized carbons (Fsp3) is 0.167. The smallest absolute Gasteiger partial charge is 0.267 e. The third-order valence-corrected chi connectivity index (χ3v) is 4.60. The van der Waals surface area contributed by atoms with E-state index in [1.165, 1.54) is 16.9 Å². The Bertz CT molecular complexity index is 829. The molecule has 0 saturated heterocycles. The minimum absolute atomic E-state index is 0.170. The van der Waals surface area contributed by atoms with Crippen LogP contribution in [0.25, 0.3) is 0 Å². The fourth-order valence-corrected chi connectivity index (χ4v) is 3.27. The SMILES string of the molecule is COc1ccc(NC(=O)c2sc(Cc3ccccc3)nc2C)cn1. The van der Waals surface area contributed by atoms with E-state index < -0.39 is 0 Å². The van der Waals surface area contributed by atoms with Crippen LogP contribution in [-0.4, -0.2) is 23.0 Å². The van der Waals surface area contributed by atoms with Crippen LogP contribution < -0.4 is 10.1 Å². The van der Waals surface area contributed by atoms with E-state index >= 15 is 0 Å². The van der Waals surface area contributed by atoms with E-state index in [0.717, 1.165) is 17.1 Å². The highest BCUT2D eigenvalue weighted by atomic mass is 32.1. The van der Waals surface area contributed by atoms with E-state index in [1.807, 2.05) is 25.1 Å². The summed E-state index contributed by atoms with van der Waals surface area (Å²) >= 11 is 1.42. The molecule has 3 aromatic rings. The molecule has 122 valence electrons. The van der Waals surface area contributed by atoms with Crippen molar-refractivity contribution in [1.29, 1.82) is 0 Å². The summed E-state index contributed by atoms with van der Waals surface area (Å²) in [6.45, 7) is 1.85. The molecule has 0 aliphatic rings. The van der Waals surface area contributed by atoms with Gasteiger partial charge in [0, 0.05) is 12.5 Å². The summed E-state index contributed by atoms with van der Waals surface area (Å²) in [7, 11) is 1.55. The van der Waals surface area contributed by atoms with Gasteiger partial charge in [-0.1, -0.05) is 30.3 Å². The first-order valence-corrected chi connectivity index (χ1v) is 8.29. The van der Waals surface area contributed by atoms with Gasteiger partial charge in [0.25, 0.3) is 5.91 Å². The zero-order valence-electron chi connectivity index (χ0n) is 13.4. The number of amides is 1. The predicted molar refractivity (Wildman–Crippen MR) is 94.8 cm³/mol. The number of benzene rings is 1. The summed E-state index contributed by atoms with van der Waals surface area (Å²) in [5.74, 6) is 0.336. The number of methoxy groups -OCH3 is 1. The van der Waals surface area contributed by atoms with Crippen LogP contribution in [0.3, 0.4) is 0 Å². The van der Waals surface area contributed by atoms with Crippen LogP contribution in [0.2, 0.25) is 0 Å². The number of carbonyl (C=O) groups excluding carboxylic acids is 1. The summed E-state index contributed by atoms with van der Waals surface area (Å²) in [5, 5.41) is 3.77. The van der Waals surface area contributed by atoms with Gasteiger partial charge in [0.05, 0.1) is 29.7 Å². The molecule has 2 heterocycles. The monoisotopic (exact) mass is 339 g/mol. The second-order valence-corrected chi connectivity index (χ2v) is 6.31. The highest BCUT2D eigenvalue weighted by Crippen LogP contribution is 2.22. The lowest BCUT2D eigenvalue weighted by molar-refractivity contribution is 0.102. The number of ether oxygens (including phenoxy) is 1. The third kappa shape index (κ3) is 3.78. The van der Waals surface area contributed by atoms with Crippen molar-refractivity contribution in [2.45, 2.75) is 13.3 Å². The van der Waals surface area contributed by atoms with Gasteiger partial charge in [-0.15, -0.1) is 11.3 Å². The molecule has 0 bridgehead atoms. The Morgan fingerprint density at radius 1 is 1.21 bits per heavy atom. The number of aryl methyl sites for hydroxylation is 1. The molecule has 1 aromatic carbocycles. The van der Waals surface area contributed by atoms with Gasteiger partial charge in [-0.25, -0.2) is 9.97 Å². The predicted octanol–water partition coefficient (Wildman–Crippen LogP) is 3.70. The minimum Gasteiger partial charge on any atom is -0.481 e. The summed E-state index contributed by atoms with van der Waals surface area (Å²) < 4.78 is 5.01. The molecular weight excluding hydrogens is 322 g/mol. The Labute approximate surface area is 144 Å². The Kier molecular flexibility index (Phi) is 4.86. The molecule has 0 fully saturated rings. The molecule has 0 aliphatic heterocycles. The Hall–Kier alpha value is -2.73. The van der Waals surface area contributed by atoms with Gasteiger partial charge in [-0.3, -0.25) is 4.79 Å². The second-order valence-electron chi connectivity index (χ2n) is 5.23. The number of nitrogens with zero attached hydrogens (tertiary/aromatic N) is 2. The lowest BCUT2D eigenvalue weighted by Crippen LogP contribution is -2.11. The number of anilines is 1. The van der Waals surface area contributed by atoms with Crippen molar-refractivity contribution in [2.24, 2.45) is 0 Å². The number of nitrogens with one attached hydrogen (secondary N) is 1. The Balaban J connectivity index is 1.72. The van der Waals surface area contributed by atoms with Crippen molar-refractivity contribution in [1.82, 2.24) is 9.97 Å². The Morgan fingerprint density at radius 3 is 2.67 bits per heavy atom. The number of hydrogen-bond donors (Lipinski definition) is 1. The molecule has 0 saturated carbocycles. The van der Waals surface area contributed by atoms with Crippen molar-refractivity contribution >= 4 is 22.9 Å². The van der Waals surface area contributed by atoms with Crippen molar-refractivity contribution in [3.63, 3.8) is 0 Å².